The SMILES string of the molecule is COc1cccc(NC(=O)COc2ccc(C(=O)NC(C#N)c3ccccc3F)cc2)c1. The number of benzene rings is 3. The molecule has 0 aliphatic carbocycles. The molecule has 1 atom stereocenters. The fourth-order valence-electron chi connectivity index (χ4n) is 2.85. The first-order chi connectivity index (χ1) is 15.5. The zero-order chi connectivity index (χ0) is 22.9. The van der Waals surface area contributed by atoms with E-state index in [4.69, 9.17) is 9.47 Å². The van der Waals surface area contributed by atoms with E-state index in [1.807, 2.05) is 6.07 Å². The Labute approximate surface area is 184 Å². The maximum atomic E-state index is 13.9. The van der Waals surface area contributed by atoms with Gasteiger partial charge in [0.25, 0.3) is 11.8 Å². The molecule has 32 heavy (non-hydrogen) atoms. The highest BCUT2D eigenvalue weighted by molar-refractivity contribution is 5.95. The molecule has 0 spiro atoms. The van der Waals surface area contributed by atoms with Gasteiger partial charge in [0.05, 0.1) is 13.2 Å². The van der Waals surface area contributed by atoms with Gasteiger partial charge in [-0.15, -0.1) is 0 Å². The van der Waals surface area contributed by atoms with Gasteiger partial charge in [0.15, 0.2) is 6.61 Å². The van der Waals surface area contributed by atoms with E-state index in [0.717, 1.165) is 0 Å². The normalized spacial score (nSPS) is 11.0. The van der Waals surface area contributed by atoms with Gasteiger partial charge >= 0.3 is 0 Å². The molecule has 3 aromatic carbocycles. The van der Waals surface area contributed by atoms with E-state index in [0.29, 0.717) is 17.2 Å². The van der Waals surface area contributed by atoms with Crippen LogP contribution in [0.3, 0.4) is 0 Å². The van der Waals surface area contributed by atoms with Crippen LogP contribution in [0.4, 0.5) is 10.1 Å². The van der Waals surface area contributed by atoms with Gasteiger partial charge in [0.2, 0.25) is 0 Å². The molecule has 0 aliphatic heterocycles. The lowest BCUT2D eigenvalue weighted by Gasteiger charge is -2.13. The number of methoxy groups -OCH3 is 1. The lowest BCUT2D eigenvalue weighted by atomic mass is 10.1. The maximum absolute atomic E-state index is 13.9. The summed E-state index contributed by atoms with van der Waals surface area (Å²) in [6.07, 6.45) is 0. The highest BCUT2D eigenvalue weighted by Crippen LogP contribution is 2.19. The van der Waals surface area contributed by atoms with Crippen LogP contribution in [0.2, 0.25) is 0 Å². The Morgan fingerprint density at radius 2 is 1.78 bits per heavy atom. The zero-order valence-corrected chi connectivity index (χ0v) is 17.2. The maximum Gasteiger partial charge on any atom is 0.262 e. The van der Waals surface area contributed by atoms with E-state index in [2.05, 4.69) is 10.6 Å². The monoisotopic (exact) mass is 433 g/mol. The van der Waals surface area contributed by atoms with Crippen LogP contribution in [0, 0.1) is 17.1 Å². The van der Waals surface area contributed by atoms with Crippen LogP contribution in [-0.4, -0.2) is 25.5 Å². The molecule has 162 valence electrons. The minimum atomic E-state index is -1.13. The number of nitrogens with one attached hydrogen (secondary N) is 2. The lowest BCUT2D eigenvalue weighted by Crippen LogP contribution is -2.28. The highest BCUT2D eigenvalue weighted by Gasteiger charge is 2.18. The summed E-state index contributed by atoms with van der Waals surface area (Å²) in [7, 11) is 1.54. The second-order valence-corrected chi connectivity index (χ2v) is 6.65. The van der Waals surface area contributed by atoms with Gasteiger partial charge in [-0.05, 0) is 42.5 Å². The van der Waals surface area contributed by atoms with E-state index in [1.165, 1.54) is 49.6 Å². The number of rotatable bonds is 8. The van der Waals surface area contributed by atoms with Crippen molar-refractivity contribution in [1.29, 1.82) is 5.26 Å². The number of amides is 2. The van der Waals surface area contributed by atoms with Crippen molar-refractivity contribution in [2.24, 2.45) is 0 Å². The van der Waals surface area contributed by atoms with Crippen molar-refractivity contribution in [2.75, 3.05) is 19.0 Å². The summed E-state index contributed by atoms with van der Waals surface area (Å²) in [4.78, 5) is 24.5. The second-order valence-electron chi connectivity index (χ2n) is 6.65. The summed E-state index contributed by atoms with van der Waals surface area (Å²) in [5, 5.41) is 14.5. The Hall–Kier alpha value is -4.38. The third-order valence-electron chi connectivity index (χ3n) is 4.46. The zero-order valence-electron chi connectivity index (χ0n) is 17.2. The fourth-order valence-corrected chi connectivity index (χ4v) is 2.85. The first-order valence-electron chi connectivity index (χ1n) is 9.62. The molecule has 2 amide bonds. The number of hydrogen-bond acceptors (Lipinski definition) is 5. The molecule has 0 bridgehead atoms. The van der Waals surface area contributed by atoms with Crippen LogP contribution in [0.1, 0.15) is 22.0 Å². The van der Waals surface area contributed by atoms with Crippen molar-refractivity contribution < 1.29 is 23.5 Å². The molecular formula is C24H20FN3O4. The Bertz CT molecular complexity index is 1140. The molecule has 0 fully saturated rings. The Morgan fingerprint density at radius 3 is 2.47 bits per heavy atom. The van der Waals surface area contributed by atoms with Crippen LogP contribution >= 0.6 is 0 Å². The number of nitrogens with zero attached hydrogens (tertiary/aromatic N) is 1. The van der Waals surface area contributed by atoms with Gasteiger partial charge in [0, 0.05) is 22.9 Å². The van der Waals surface area contributed by atoms with Crippen LogP contribution in [0.5, 0.6) is 11.5 Å². The van der Waals surface area contributed by atoms with Gasteiger partial charge in [-0.2, -0.15) is 5.26 Å². The molecule has 1 unspecified atom stereocenters. The van der Waals surface area contributed by atoms with Crippen molar-refractivity contribution in [3.8, 4) is 17.6 Å². The van der Waals surface area contributed by atoms with E-state index < -0.39 is 17.8 Å². The Morgan fingerprint density at radius 1 is 1.03 bits per heavy atom. The number of carbonyl (C=O) groups is 2. The van der Waals surface area contributed by atoms with E-state index >= 15 is 0 Å². The van der Waals surface area contributed by atoms with Gasteiger partial charge in [-0.25, -0.2) is 4.39 Å². The van der Waals surface area contributed by atoms with E-state index in [9.17, 15) is 19.2 Å². The molecule has 8 heteroatoms. The molecule has 0 saturated carbocycles. The van der Waals surface area contributed by atoms with Gasteiger partial charge in [-0.3, -0.25) is 9.59 Å². The number of nitriles is 1. The predicted molar refractivity (Wildman–Crippen MR) is 116 cm³/mol. The number of carbonyl (C=O) groups excluding carboxylic acids is 2. The van der Waals surface area contributed by atoms with Gasteiger partial charge < -0.3 is 20.1 Å². The third-order valence-corrected chi connectivity index (χ3v) is 4.46. The van der Waals surface area contributed by atoms with Crippen LogP contribution in [0.25, 0.3) is 0 Å². The first kappa shape index (κ1) is 22.3. The molecule has 7 nitrogen and oxygen atoms in total. The smallest absolute Gasteiger partial charge is 0.262 e. The Balaban J connectivity index is 1.55. The quantitative estimate of drug-likeness (QED) is 0.562. The summed E-state index contributed by atoms with van der Waals surface area (Å²) in [5.74, 6) is -0.473. The van der Waals surface area contributed by atoms with Gasteiger partial charge in [-0.1, -0.05) is 24.3 Å². The van der Waals surface area contributed by atoms with Crippen molar-refractivity contribution in [2.45, 2.75) is 6.04 Å². The standard InChI is InChI=1S/C24H20FN3O4/c1-31-19-6-4-5-17(13-19)27-23(29)15-32-18-11-9-16(10-12-18)24(30)28-22(14-26)20-7-2-3-8-21(20)25/h2-13,22H,15H2,1H3,(H,27,29)(H,28,30). The van der Waals surface area contributed by atoms with E-state index in [-0.39, 0.29) is 23.6 Å². The summed E-state index contributed by atoms with van der Waals surface area (Å²) < 4.78 is 24.4. The van der Waals surface area contributed by atoms with Crippen molar-refractivity contribution in [1.82, 2.24) is 5.32 Å². The van der Waals surface area contributed by atoms with Gasteiger partial charge in [0.1, 0.15) is 23.4 Å². The van der Waals surface area contributed by atoms with Crippen LogP contribution in [0.15, 0.2) is 72.8 Å². The molecule has 0 heterocycles. The summed E-state index contributed by atoms with van der Waals surface area (Å²) in [5.41, 5.74) is 0.923. The molecule has 0 aromatic heterocycles. The topological polar surface area (TPSA) is 100 Å². The summed E-state index contributed by atoms with van der Waals surface area (Å²) in [6, 6.07) is 19.5. The van der Waals surface area contributed by atoms with Crippen molar-refractivity contribution >= 4 is 17.5 Å². The fraction of sp³-hybridized carbons (Fsp3) is 0.125. The second kappa shape index (κ2) is 10.6. The largest absolute Gasteiger partial charge is 0.497 e. The molecule has 0 saturated heterocycles. The minimum absolute atomic E-state index is 0.0883. The summed E-state index contributed by atoms with van der Waals surface area (Å²) >= 11 is 0. The highest BCUT2D eigenvalue weighted by atomic mass is 19.1. The predicted octanol–water partition coefficient (Wildman–Crippen LogP) is 3.85. The molecular weight excluding hydrogens is 413 g/mol. The van der Waals surface area contributed by atoms with Crippen LogP contribution < -0.4 is 20.1 Å². The number of hydrogen-bond donors (Lipinski definition) is 2. The van der Waals surface area contributed by atoms with E-state index in [1.54, 1.807) is 30.3 Å². The number of ether oxygens (including phenoxy) is 2. The Kier molecular flexibility index (Phi) is 7.38. The number of halogens is 1. The van der Waals surface area contributed by atoms with Crippen molar-refractivity contribution in [3.63, 3.8) is 0 Å². The molecule has 0 radical (unpaired) electrons. The molecule has 0 aliphatic rings. The molecule has 3 rings (SSSR count). The van der Waals surface area contributed by atoms with Crippen molar-refractivity contribution in [3.05, 3.63) is 89.7 Å². The molecule has 3 aromatic rings. The average Bonchev–Trinajstić information content (AvgIpc) is 2.82. The third kappa shape index (κ3) is 5.83. The molecule has 2 N–H and O–H groups in total. The minimum Gasteiger partial charge on any atom is -0.497 e. The first-order valence-corrected chi connectivity index (χ1v) is 9.62. The average molecular weight is 433 g/mol. The number of anilines is 1. The van der Waals surface area contributed by atoms with Crippen LogP contribution in [-0.2, 0) is 4.79 Å². The lowest BCUT2D eigenvalue weighted by molar-refractivity contribution is -0.118. The summed E-state index contributed by atoms with van der Waals surface area (Å²) in [6.45, 7) is -0.230.